The zero-order valence-corrected chi connectivity index (χ0v) is 9.48. The fourth-order valence-electron chi connectivity index (χ4n) is 2.45. The highest BCUT2D eigenvalue weighted by Crippen LogP contribution is 2.18. The molecule has 0 aliphatic carbocycles. The molecule has 2 heterocycles. The van der Waals surface area contributed by atoms with Gasteiger partial charge in [-0.15, -0.1) is 0 Å². The van der Waals surface area contributed by atoms with Gasteiger partial charge in [-0.05, 0) is 25.2 Å². The summed E-state index contributed by atoms with van der Waals surface area (Å²) in [5, 5.41) is 0. The highest BCUT2D eigenvalue weighted by Gasteiger charge is 2.29. The Hall–Kier alpha value is -0.770. The Morgan fingerprint density at radius 2 is 1.87 bits per heavy atom. The molecule has 4 nitrogen and oxygen atoms in total. The highest BCUT2D eigenvalue weighted by atomic mass is 16.2. The van der Waals surface area contributed by atoms with Gasteiger partial charge in [0.05, 0.1) is 0 Å². The summed E-state index contributed by atoms with van der Waals surface area (Å²) in [6, 6.07) is 0.499. The van der Waals surface area contributed by atoms with Crippen LogP contribution in [0.25, 0.3) is 0 Å². The molecule has 0 spiro atoms. The van der Waals surface area contributed by atoms with Gasteiger partial charge in [0.25, 0.3) is 0 Å². The van der Waals surface area contributed by atoms with Gasteiger partial charge in [-0.3, -0.25) is 0 Å². The second-order valence-corrected chi connectivity index (χ2v) is 4.85. The first-order valence-corrected chi connectivity index (χ1v) is 5.98. The third kappa shape index (κ3) is 2.25. The smallest absolute Gasteiger partial charge is 0.320 e. The number of hydrogen-bond donors (Lipinski definition) is 1. The van der Waals surface area contributed by atoms with Gasteiger partial charge in [-0.1, -0.05) is 6.92 Å². The molecular weight excluding hydrogens is 190 g/mol. The highest BCUT2D eigenvalue weighted by molar-refractivity contribution is 5.74. The molecule has 2 N–H and O–H groups in total. The summed E-state index contributed by atoms with van der Waals surface area (Å²) < 4.78 is 0. The Balaban J connectivity index is 1.90. The van der Waals surface area contributed by atoms with Crippen LogP contribution in [0.2, 0.25) is 0 Å². The summed E-state index contributed by atoms with van der Waals surface area (Å²) in [6.07, 6.45) is 3.27. The van der Waals surface area contributed by atoms with E-state index in [4.69, 9.17) is 5.73 Å². The zero-order chi connectivity index (χ0) is 10.8. The van der Waals surface area contributed by atoms with Crippen molar-refractivity contribution < 1.29 is 4.79 Å². The van der Waals surface area contributed by atoms with E-state index < -0.39 is 0 Å². The molecule has 0 bridgehead atoms. The van der Waals surface area contributed by atoms with Crippen LogP contribution in [0, 0.1) is 5.92 Å². The van der Waals surface area contributed by atoms with Crippen molar-refractivity contribution >= 4 is 6.03 Å². The Bertz CT molecular complexity index is 238. The number of nitrogens with zero attached hydrogens (tertiary/aromatic N) is 2. The quantitative estimate of drug-likeness (QED) is 0.646. The maximum absolute atomic E-state index is 12.1. The van der Waals surface area contributed by atoms with Gasteiger partial charge in [0.2, 0.25) is 0 Å². The van der Waals surface area contributed by atoms with E-state index >= 15 is 0 Å². The van der Waals surface area contributed by atoms with E-state index in [0.29, 0.717) is 5.92 Å². The average Bonchev–Trinajstić information content (AvgIpc) is 2.74. The largest absolute Gasteiger partial charge is 0.327 e. The third-order valence-corrected chi connectivity index (χ3v) is 3.62. The van der Waals surface area contributed by atoms with Gasteiger partial charge in [-0.25, -0.2) is 4.79 Å². The molecule has 0 aromatic rings. The molecule has 2 rings (SSSR count). The molecule has 0 aromatic carbocycles. The minimum atomic E-state index is 0.228. The van der Waals surface area contributed by atoms with Crippen molar-refractivity contribution in [2.24, 2.45) is 11.7 Å². The number of carbonyl (C=O) groups is 1. The first-order chi connectivity index (χ1) is 7.18. The van der Waals surface area contributed by atoms with E-state index in [9.17, 15) is 4.79 Å². The number of likely N-dealkylation sites (tertiary alicyclic amines) is 2. The van der Waals surface area contributed by atoms with Crippen LogP contribution in [-0.4, -0.2) is 48.1 Å². The number of rotatable bonds is 0. The SMILES string of the molecule is CC1CN(C(=O)N2CCCC2)CCC1N. The van der Waals surface area contributed by atoms with Crippen molar-refractivity contribution in [3.8, 4) is 0 Å². The fourth-order valence-corrected chi connectivity index (χ4v) is 2.45. The Labute approximate surface area is 91.4 Å². The number of amides is 2. The van der Waals surface area contributed by atoms with E-state index in [1.54, 1.807) is 0 Å². The molecule has 0 aromatic heterocycles. The monoisotopic (exact) mass is 211 g/mol. The van der Waals surface area contributed by atoms with Crippen LogP contribution >= 0.6 is 0 Å². The van der Waals surface area contributed by atoms with Crippen LogP contribution in [0.4, 0.5) is 4.79 Å². The van der Waals surface area contributed by atoms with Gasteiger partial charge < -0.3 is 15.5 Å². The molecule has 2 fully saturated rings. The van der Waals surface area contributed by atoms with E-state index in [1.165, 1.54) is 0 Å². The number of nitrogens with two attached hydrogens (primary N) is 1. The van der Waals surface area contributed by atoms with E-state index in [2.05, 4.69) is 6.92 Å². The van der Waals surface area contributed by atoms with E-state index in [0.717, 1.165) is 45.4 Å². The lowest BCUT2D eigenvalue weighted by atomic mass is 9.95. The van der Waals surface area contributed by atoms with Crippen molar-refractivity contribution in [1.29, 1.82) is 0 Å². The first-order valence-electron chi connectivity index (χ1n) is 5.98. The van der Waals surface area contributed by atoms with E-state index in [1.807, 2.05) is 9.80 Å². The van der Waals surface area contributed by atoms with Crippen LogP contribution in [0.5, 0.6) is 0 Å². The van der Waals surface area contributed by atoms with Crippen LogP contribution < -0.4 is 5.73 Å². The number of urea groups is 1. The van der Waals surface area contributed by atoms with Gasteiger partial charge in [0.1, 0.15) is 0 Å². The summed E-state index contributed by atoms with van der Waals surface area (Å²) in [5.41, 5.74) is 5.94. The molecule has 0 radical (unpaired) electrons. The zero-order valence-electron chi connectivity index (χ0n) is 9.48. The van der Waals surface area contributed by atoms with Crippen LogP contribution in [0.1, 0.15) is 26.2 Å². The second kappa shape index (κ2) is 4.39. The summed E-state index contributed by atoms with van der Waals surface area (Å²) in [5.74, 6) is 0.435. The van der Waals surface area contributed by atoms with Crippen LogP contribution in [0.3, 0.4) is 0 Å². The maximum Gasteiger partial charge on any atom is 0.320 e. The van der Waals surface area contributed by atoms with Crippen molar-refractivity contribution in [1.82, 2.24) is 9.80 Å². The predicted molar refractivity (Wildman–Crippen MR) is 59.5 cm³/mol. The molecule has 86 valence electrons. The minimum Gasteiger partial charge on any atom is -0.327 e. The van der Waals surface area contributed by atoms with Gasteiger partial charge in [0, 0.05) is 32.2 Å². The maximum atomic E-state index is 12.1. The molecule has 2 amide bonds. The average molecular weight is 211 g/mol. The summed E-state index contributed by atoms with van der Waals surface area (Å²) in [6.45, 7) is 5.68. The predicted octanol–water partition coefficient (Wildman–Crippen LogP) is 0.871. The molecule has 0 saturated carbocycles. The summed E-state index contributed by atoms with van der Waals surface area (Å²) >= 11 is 0. The second-order valence-electron chi connectivity index (χ2n) is 4.85. The molecule has 15 heavy (non-hydrogen) atoms. The van der Waals surface area contributed by atoms with Gasteiger partial charge in [-0.2, -0.15) is 0 Å². The van der Waals surface area contributed by atoms with Crippen LogP contribution in [-0.2, 0) is 0 Å². The van der Waals surface area contributed by atoms with Gasteiger partial charge >= 0.3 is 6.03 Å². The third-order valence-electron chi connectivity index (χ3n) is 3.62. The normalized spacial score (nSPS) is 32.1. The lowest BCUT2D eigenvalue weighted by Gasteiger charge is -2.37. The van der Waals surface area contributed by atoms with Crippen molar-refractivity contribution in [3.05, 3.63) is 0 Å². The molecule has 4 heteroatoms. The Morgan fingerprint density at radius 3 is 2.47 bits per heavy atom. The fraction of sp³-hybridized carbons (Fsp3) is 0.909. The summed E-state index contributed by atoms with van der Waals surface area (Å²) in [4.78, 5) is 16.0. The standard InChI is InChI=1S/C11H21N3O/c1-9-8-14(7-4-10(9)12)11(15)13-5-2-3-6-13/h9-10H,2-8,12H2,1H3. The van der Waals surface area contributed by atoms with Gasteiger partial charge in [0.15, 0.2) is 0 Å². The molecule has 2 aliphatic rings. The molecule has 2 atom stereocenters. The Kier molecular flexibility index (Phi) is 3.14. The minimum absolute atomic E-state index is 0.228. The van der Waals surface area contributed by atoms with Crippen LogP contribution in [0.15, 0.2) is 0 Å². The van der Waals surface area contributed by atoms with Crippen molar-refractivity contribution in [2.75, 3.05) is 26.2 Å². The molecule has 2 saturated heterocycles. The molecule has 2 aliphatic heterocycles. The number of hydrogen-bond acceptors (Lipinski definition) is 2. The topological polar surface area (TPSA) is 49.6 Å². The molecule has 2 unspecified atom stereocenters. The lowest BCUT2D eigenvalue weighted by molar-refractivity contribution is 0.132. The first kappa shape index (κ1) is 10.7. The lowest BCUT2D eigenvalue weighted by Crippen LogP contribution is -2.51. The van der Waals surface area contributed by atoms with E-state index in [-0.39, 0.29) is 12.1 Å². The van der Waals surface area contributed by atoms with Crippen molar-refractivity contribution in [3.63, 3.8) is 0 Å². The Morgan fingerprint density at radius 1 is 1.20 bits per heavy atom. The number of piperidine rings is 1. The molecular formula is C11H21N3O. The summed E-state index contributed by atoms with van der Waals surface area (Å²) in [7, 11) is 0. The number of carbonyl (C=O) groups excluding carboxylic acids is 1. The van der Waals surface area contributed by atoms with Crippen molar-refractivity contribution in [2.45, 2.75) is 32.2 Å².